The summed E-state index contributed by atoms with van der Waals surface area (Å²) in [7, 11) is 1.49. The number of hydrogen-bond acceptors (Lipinski definition) is 11. The summed E-state index contributed by atoms with van der Waals surface area (Å²) in [6.07, 6.45) is 6.70. The molecule has 0 radical (unpaired) electrons. The average molecular weight is 694 g/mol. The number of phenolic OH excluding ortho intramolecular Hbond substituents is 1. The van der Waals surface area contributed by atoms with Crippen molar-refractivity contribution in [2.24, 2.45) is 23.7 Å². The molecule has 4 heterocycles. The van der Waals surface area contributed by atoms with Crippen LogP contribution in [0, 0.1) is 30.6 Å². The second kappa shape index (κ2) is 13.6. The van der Waals surface area contributed by atoms with E-state index in [0.29, 0.717) is 0 Å². The third-order valence-corrected chi connectivity index (χ3v) is 10.3. The van der Waals surface area contributed by atoms with E-state index in [2.05, 4.69) is 5.32 Å². The maximum Gasteiger partial charge on any atom is 0.312 e. The Kier molecular flexibility index (Phi) is 10.1. The summed E-state index contributed by atoms with van der Waals surface area (Å²) in [6, 6.07) is 0. The Labute approximate surface area is 292 Å². The highest BCUT2D eigenvalue weighted by molar-refractivity contribution is 6.30. The Balaban J connectivity index is 1.59. The van der Waals surface area contributed by atoms with E-state index < -0.39 is 64.3 Å². The Bertz CT molecular complexity index is 1740. The van der Waals surface area contributed by atoms with Crippen LogP contribution in [0.5, 0.6) is 11.5 Å². The zero-order valence-corrected chi connectivity index (χ0v) is 30.2. The molecule has 0 aromatic heterocycles. The van der Waals surface area contributed by atoms with Crippen LogP contribution >= 0.6 is 0 Å². The van der Waals surface area contributed by atoms with Crippen LogP contribution in [0.3, 0.4) is 0 Å². The van der Waals surface area contributed by atoms with Crippen molar-refractivity contribution in [3.05, 3.63) is 70.2 Å². The van der Waals surface area contributed by atoms with Crippen molar-refractivity contribution in [3.63, 3.8) is 0 Å². The summed E-state index contributed by atoms with van der Waals surface area (Å²) in [4.78, 5) is 54.2. The molecule has 1 fully saturated rings. The second-order valence-corrected chi connectivity index (χ2v) is 14.4. The van der Waals surface area contributed by atoms with Gasteiger partial charge in [0.15, 0.2) is 11.6 Å². The molecule has 12 nitrogen and oxygen atoms in total. The van der Waals surface area contributed by atoms with Crippen molar-refractivity contribution in [1.29, 1.82) is 0 Å². The number of aliphatic hydroxyl groups excluding tert-OH is 1. The lowest BCUT2D eigenvalue weighted by Crippen LogP contribution is -2.56. The first kappa shape index (κ1) is 37.2. The van der Waals surface area contributed by atoms with E-state index in [0.717, 1.165) is 6.08 Å². The van der Waals surface area contributed by atoms with Gasteiger partial charge in [-0.05, 0) is 33.8 Å². The van der Waals surface area contributed by atoms with Crippen molar-refractivity contribution >= 4 is 23.3 Å². The van der Waals surface area contributed by atoms with E-state index in [4.69, 9.17) is 23.7 Å². The quantitative estimate of drug-likeness (QED) is 0.368. The fourth-order valence-corrected chi connectivity index (χ4v) is 7.31. The van der Waals surface area contributed by atoms with Crippen LogP contribution in [-0.2, 0) is 23.7 Å². The fourth-order valence-electron chi connectivity index (χ4n) is 7.31. The molecule has 7 bridgehead atoms. The van der Waals surface area contributed by atoms with E-state index in [1.54, 1.807) is 25.2 Å². The number of ketones is 3. The van der Waals surface area contributed by atoms with Gasteiger partial charge in [0.05, 0.1) is 53.1 Å². The fraction of sp³-hybridized carbons (Fsp3) is 0.526. The minimum absolute atomic E-state index is 0.0484. The van der Waals surface area contributed by atoms with Gasteiger partial charge in [-0.25, -0.2) is 0 Å². The zero-order valence-electron chi connectivity index (χ0n) is 30.2. The molecule has 1 aromatic rings. The Morgan fingerprint density at radius 3 is 2.20 bits per heavy atom. The normalized spacial score (nSPS) is 34.5. The topological polar surface area (TPSA) is 167 Å². The van der Waals surface area contributed by atoms with Crippen LogP contribution in [0.1, 0.15) is 92.0 Å². The molecule has 1 aliphatic carbocycles. The highest BCUT2D eigenvalue weighted by atomic mass is 16.7. The van der Waals surface area contributed by atoms with Crippen molar-refractivity contribution in [2.75, 3.05) is 7.11 Å². The minimum Gasteiger partial charge on any atom is -0.507 e. The van der Waals surface area contributed by atoms with Crippen LogP contribution in [0.15, 0.2) is 47.9 Å². The standard InChI is InChI=1S/C38H47NO11/c1-17-12-11-13-18(2)36(45)39-23-16-24(40)26-27(31(23)43)30(42)21(5)34-28(26)35(44)38(9,50-34)47-15-14-25(46-10)19(3)29(41)20(4)33-22(6)32(17)48-37(7,8)49-33/h11-17,19-20,22,25,29,32-33,41-42H,1-10H3,(H,39,45)/t17-,19+,20+,22+,25+,29+,32+,33-,38-/m0/s1. The van der Waals surface area contributed by atoms with Crippen molar-refractivity contribution in [3.8, 4) is 11.5 Å². The predicted octanol–water partition coefficient (Wildman–Crippen LogP) is 4.86. The number of fused-ring (bicyclic) bond motifs is 10. The van der Waals surface area contributed by atoms with Gasteiger partial charge >= 0.3 is 5.79 Å². The number of amides is 1. The summed E-state index contributed by atoms with van der Waals surface area (Å²) >= 11 is 0. The number of rotatable bonds is 1. The van der Waals surface area contributed by atoms with Gasteiger partial charge in [0.25, 0.3) is 11.7 Å². The van der Waals surface area contributed by atoms with Crippen LogP contribution in [0.4, 0.5) is 0 Å². The highest BCUT2D eigenvalue weighted by Gasteiger charge is 2.52. The summed E-state index contributed by atoms with van der Waals surface area (Å²) in [5.74, 6) is -7.63. The van der Waals surface area contributed by atoms with Gasteiger partial charge in [-0.3, -0.25) is 19.2 Å². The van der Waals surface area contributed by atoms with E-state index in [1.807, 2.05) is 47.6 Å². The molecule has 270 valence electrons. The van der Waals surface area contributed by atoms with Gasteiger partial charge in [-0.2, -0.15) is 0 Å². The summed E-state index contributed by atoms with van der Waals surface area (Å²) < 4.78 is 30.3. The first-order chi connectivity index (χ1) is 23.3. The van der Waals surface area contributed by atoms with Gasteiger partial charge in [0.2, 0.25) is 5.78 Å². The SMILES string of the molecule is CO[C@@H]1C=CO[C@@]2(C)Oc3c(C)c(O)c4c(c3C2=O)C(=O)C=C(NC(=O)C(C)=CC=C[C@H](C)[C@H]2OC(C)(C)O[C@@H]([C@H](C)[C@H](O)[C@@H]1C)[C@@H]2C)C4=O. The number of benzene rings is 1. The zero-order chi connectivity index (χ0) is 37.0. The van der Waals surface area contributed by atoms with Crippen LogP contribution in [-0.4, -0.2) is 76.6 Å². The van der Waals surface area contributed by atoms with E-state index >= 15 is 0 Å². The summed E-state index contributed by atoms with van der Waals surface area (Å²) in [6.45, 7) is 15.8. The third kappa shape index (κ3) is 6.45. The number of hydrogen-bond donors (Lipinski definition) is 3. The molecule has 12 heteroatoms. The number of allylic oxidation sites excluding steroid dienone is 4. The largest absolute Gasteiger partial charge is 0.507 e. The number of methoxy groups -OCH3 is 1. The molecule has 1 aromatic carbocycles. The first-order valence-corrected chi connectivity index (χ1v) is 16.8. The van der Waals surface area contributed by atoms with Crippen molar-refractivity contribution in [1.82, 2.24) is 5.32 Å². The lowest BCUT2D eigenvalue weighted by Gasteiger charge is -2.49. The molecule has 1 saturated heterocycles. The number of phenols is 1. The first-order valence-electron chi connectivity index (χ1n) is 16.8. The van der Waals surface area contributed by atoms with Gasteiger partial charge in [-0.1, -0.05) is 45.9 Å². The molecule has 4 aliphatic heterocycles. The molecule has 0 unspecified atom stereocenters. The molecule has 5 aliphatic rings. The van der Waals surface area contributed by atoms with Crippen molar-refractivity contribution in [2.45, 2.75) is 98.3 Å². The predicted molar refractivity (Wildman–Crippen MR) is 182 cm³/mol. The third-order valence-electron chi connectivity index (χ3n) is 10.3. The molecular formula is C38H47NO11. The smallest absolute Gasteiger partial charge is 0.312 e. The van der Waals surface area contributed by atoms with Crippen LogP contribution in [0.2, 0.25) is 0 Å². The molecule has 50 heavy (non-hydrogen) atoms. The lowest BCUT2D eigenvalue weighted by molar-refractivity contribution is -0.336. The van der Waals surface area contributed by atoms with Crippen LogP contribution < -0.4 is 10.1 Å². The number of nitrogens with one attached hydrogen (secondary N) is 1. The minimum atomic E-state index is -1.97. The number of ether oxygens (including phenoxy) is 5. The highest BCUT2D eigenvalue weighted by Crippen LogP contribution is 2.48. The van der Waals surface area contributed by atoms with Gasteiger partial charge in [0, 0.05) is 54.9 Å². The number of carbonyl (C=O) groups is 4. The Morgan fingerprint density at radius 2 is 1.54 bits per heavy atom. The number of aliphatic hydroxyl groups is 1. The van der Waals surface area contributed by atoms with Gasteiger partial charge in [0.1, 0.15) is 11.5 Å². The summed E-state index contributed by atoms with van der Waals surface area (Å²) in [5.41, 5.74) is -1.00. The van der Waals surface area contributed by atoms with E-state index in [-0.39, 0.29) is 63.7 Å². The van der Waals surface area contributed by atoms with Gasteiger partial charge in [-0.15, -0.1) is 0 Å². The molecule has 0 spiro atoms. The maximum absolute atomic E-state index is 13.9. The number of carbonyl (C=O) groups excluding carboxylic acids is 4. The summed E-state index contributed by atoms with van der Waals surface area (Å²) in [5, 5.41) is 25.3. The van der Waals surface area contributed by atoms with Crippen molar-refractivity contribution < 1.29 is 53.1 Å². The number of aromatic hydroxyl groups is 1. The second-order valence-electron chi connectivity index (χ2n) is 14.4. The monoisotopic (exact) mass is 693 g/mol. The maximum atomic E-state index is 13.9. The molecule has 3 N–H and O–H groups in total. The molecular weight excluding hydrogens is 646 g/mol. The molecule has 9 atom stereocenters. The molecule has 0 saturated carbocycles. The number of Topliss-reactive ketones (excluding diaryl/α,β-unsaturated/α-hetero) is 2. The molecule has 1 amide bonds. The Morgan fingerprint density at radius 1 is 0.880 bits per heavy atom. The average Bonchev–Trinajstić information content (AvgIpc) is 3.32. The van der Waals surface area contributed by atoms with Gasteiger partial charge < -0.3 is 39.2 Å². The van der Waals surface area contributed by atoms with Crippen LogP contribution in [0.25, 0.3) is 0 Å². The van der Waals surface area contributed by atoms with E-state index in [9.17, 15) is 29.4 Å². The lowest BCUT2D eigenvalue weighted by atomic mass is 9.77. The molecule has 6 rings (SSSR count). The van der Waals surface area contributed by atoms with E-state index in [1.165, 1.54) is 27.2 Å². The Hall–Kier alpha value is -4.10.